The Labute approximate surface area is 200 Å². The Bertz CT molecular complexity index is 1200. The smallest absolute Gasteiger partial charge is 0.330 e. The molecule has 3 rings (SSSR count). The van der Waals surface area contributed by atoms with Crippen LogP contribution in [0.25, 0.3) is 0 Å². The second kappa shape index (κ2) is 11.7. The molecule has 3 aromatic rings. The summed E-state index contributed by atoms with van der Waals surface area (Å²) in [5.74, 6) is -0.297. The lowest BCUT2D eigenvalue weighted by Gasteiger charge is -2.24. The van der Waals surface area contributed by atoms with Crippen LogP contribution in [-0.2, 0) is 16.1 Å². The molecule has 0 unspecified atom stereocenters. The molecule has 0 aliphatic heterocycles. The van der Waals surface area contributed by atoms with Crippen molar-refractivity contribution in [2.75, 3.05) is 36.6 Å². The minimum absolute atomic E-state index is 0.0386. The van der Waals surface area contributed by atoms with Gasteiger partial charge in [0.25, 0.3) is 5.56 Å². The second-order valence-corrected chi connectivity index (χ2v) is 8.68. The van der Waals surface area contributed by atoms with E-state index in [0.717, 1.165) is 10.5 Å². The van der Waals surface area contributed by atoms with Crippen molar-refractivity contribution >= 4 is 40.8 Å². The number of nitrogens with zero attached hydrogens (tertiary/aromatic N) is 2. The molecule has 1 aromatic heterocycles. The number of carbonyl (C=O) groups excluding carboxylic acids is 1. The zero-order valence-electron chi connectivity index (χ0n) is 18.1. The van der Waals surface area contributed by atoms with Crippen molar-refractivity contribution in [1.29, 1.82) is 0 Å². The molecule has 10 heteroatoms. The van der Waals surface area contributed by atoms with E-state index in [0.29, 0.717) is 18.1 Å². The summed E-state index contributed by atoms with van der Waals surface area (Å²) in [5.41, 5.74) is 5.75. The summed E-state index contributed by atoms with van der Waals surface area (Å²) < 4.78 is 6.36. The van der Waals surface area contributed by atoms with Crippen LogP contribution in [0.2, 0.25) is 5.02 Å². The summed E-state index contributed by atoms with van der Waals surface area (Å²) in [6.07, 6.45) is 0.491. The van der Waals surface area contributed by atoms with E-state index in [1.165, 1.54) is 21.2 Å². The number of benzene rings is 2. The summed E-state index contributed by atoms with van der Waals surface area (Å²) in [5, 5.41) is 0.604. The maximum absolute atomic E-state index is 13.2. The highest BCUT2D eigenvalue weighted by molar-refractivity contribution is 8.00. The van der Waals surface area contributed by atoms with Gasteiger partial charge in [0.1, 0.15) is 5.82 Å². The first-order valence-electron chi connectivity index (χ1n) is 10.2. The van der Waals surface area contributed by atoms with Gasteiger partial charge in [-0.2, -0.15) is 0 Å². The van der Waals surface area contributed by atoms with E-state index >= 15 is 0 Å². The van der Waals surface area contributed by atoms with Gasteiger partial charge in [-0.05, 0) is 36.2 Å². The topological polar surface area (TPSA) is 110 Å². The molecule has 0 aliphatic rings. The molecular formula is C23H25ClN4O4S. The Morgan fingerprint density at radius 1 is 1.15 bits per heavy atom. The number of H-pyrrole nitrogens is 1. The predicted molar refractivity (Wildman–Crippen MR) is 132 cm³/mol. The molecule has 0 radical (unpaired) electrons. The number of hydrogen-bond donors (Lipinski definition) is 2. The van der Waals surface area contributed by atoms with Gasteiger partial charge in [0.15, 0.2) is 5.69 Å². The Hall–Kier alpha value is -3.01. The van der Waals surface area contributed by atoms with Crippen LogP contribution >= 0.6 is 23.4 Å². The zero-order valence-corrected chi connectivity index (χ0v) is 19.7. The SMILES string of the molecule is COCCCN(C(=O)CSc1ccc(Cl)cc1)c1c(N)n(Cc2ccccc2)c(=O)[nH]c1=O. The van der Waals surface area contributed by atoms with Crippen LogP contribution in [0.3, 0.4) is 0 Å². The molecule has 8 nitrogen and oxygen atoms in total. The van der Waals surface area contributed by atoms with E-state index < -0.39 is 11.2 Å². The van der Waals surface area contributed by atoms with Gasteiger partial charge in [-0.1, -0.05) is 41.9 Å². The minimum Gasteiger partial charge on any atom is -0.385 e. The molecule has 0 saturated heterocycles. The average Bonchev–Trinajstić information content (AvgIpc) is 2.81. The summed E-state index contributed by atoms with van der Waals surface area (Å²) in [6, 6.07) is 16.4. The van der Waals surface area contributed by atoms with Crippen LogP contribution in [0.4, 0.5) is 11.5 Å². The number of nitrogens with two attached hydrogens (primary N) is 1. The third kappa shape index (κ3) is 6.50. The quantitative estimate of drug-likeness (QED) is 0.335. The second-order valence-electron chi connectivity index (χ2n) is 7.20. The van der Waals surface area contributed by atoms with Crippen LogP contribution in [0.15, 0.2) is 69.1 Å². The highest BCUT2D eigenvalue weighted by atomic mass is 35.5. The molecule has 0 saturated carbocycles. The highest BCUT2D eigenvalue weighted by Crippen LogP contribution is 2.23. The first kappa shape index (κ1) is 24.6. The van der Waals surface area contributed by atoms with Crippen LogP contribution in [0.1, 0.15) is 12.0 Å². The van der Waals surface area contributed by atoms with Gasteiger partial charge < -0.3 is 15.4 Å². The fourth-order valence-corrected chi connectivity index (χ4v) is 4.14. The molecule has 0 bridgehead atoms. The lowest BCUT2D eigenvalue weighted by atomic mass is 10.2. The molecule has 0 aliphatic carbocycles. The fourth-order valence-electron chi connectivity index (χ4n) is 3.24. The summed E-state index contributed by atoms with van der Waals surface area (Å²) in [7, 11) is 1.56. The summed E-state index contributed by atoms with van der Waals surface area (Å²) in [4.78, 5) is 42.9. The Kier molecular flexibility index (Phi) is 8.76. The first-order chi connectivity index (χ1) is 15.9. The number of anilines is 2. The number of halogens is 1. The summed E-state index contributed by atoms with van der Waals surface area (Å²) in [6.45, 7) is 0.773. The van der Waals surface area contributed by atoms with Gasteiger partial charge in [-0.3, -0.25) is 19.1 Å². The number of aromatic amines is 1. The number of carbonyl (C=O) groups is 1. The molecule has 2 aromatic carbocycles. The number of thioether (sulfide) groups is 1. The van der Waals surface area contributed by atoms with E-state index in [-0.39, 0.29) is 36.3 Å². The molecule has 33 heavy (non-hydrogen) atoms. The standard InChI is InChI=1S/C23H25ClN4O4S/c1-32-13-5-12-27(19(29)15-33-18-10-8-17(24)9-11-18)20-21(25)28(23(31)26-22(20)30)14-16-6-3-2-4-7-16/h2-4,6-11H,5,12-15,25H2,1H3,(H,26,30,31). The number of amides is 1. The number of nitrogens with one attached hydrogen (secondary N) is 1. The Balaban J connectivity index is 1.92. The number of methoxy groups -OCH3 is 1. The number of nitrogen functional groups attached to an aromatic ring is 1. The van der Waals surface area contributed by atoms with Crippen LogP contribution in [0, 0.1) is 0 Å². The lowest BCUT2D eigenvalue weighted by molar-refractivity contribution is -0.116. The largest absolute Gasteiger partial charge is 0.385 e. The van der Waals surface area contributed by atoms with Crippen LogP contribution in [0.5, 0.6) is 0 Å². The van der Waals surface area contributed by atoms with Gasteiger partial charge in [0.2, 0.25) is 5.91 Å². The molecule has 1 heterocycles. The third-order valence-corrected chi connectivity index (χ3v) is 6.12. The average molecular weight is 489 g/mol. The number of rotatable bonds is 10. The van der Waals surface area contributed by atoms with Crippen molar-refractivity contribution in [3.05, 3.63) is 86.0 Å². The zero-order chi connectivity index (χ0) is 23.8. The predicted octanol–water partition coefficient (Wildman–Crippen LogP) is 2.98. The molecule has 0 fully saturated rings. The molecular weight excluding hydrogens is 464 g/mol. The number of hydrogen-bond acceptors (Lipinski definition) is 6. The monoisotopic (exact) mass is 488 g/mol. The van der Waals surface area contributed by atoms with Gasteiger partial charge in [0, 0.05) is 30.2 Å². The lowest BCUT2D eigenvalue weighted by Crippen LogP contribution is -2.42. The number of aromatic nitrogens is 2. The van der Waals surface area contributed by atoms with Crippen molar-refractivity contribution in [3.63, 3.8) is 0 Å². The van der Waals surface area contributed by atoms with Crippen molar-refractivity contribution in [2.24, 2.45) is 0 Å². The van der Waals surface area contributed by atoms with E-state index in [4.69, 9.17) is 22.1 Å². The van der Waals surface area contributed by atoms with Gasteiger partial charge in [-0.25, -0.2) is 4.79 Å². The third-order valence-electron chi connectivity index (χ3n) is 4.87. The molecule has 174 valence electrons. The molecule has 3 N–H and O–H groups in total. The normalized spacial score (nSPS) is 10.8. The number of ether oxygens (including phenoxy) is 1. The van der Waals surface area contributed by atoms with E-state index in [9.17, 15) is 14.4 Å². The molecule has 0 spiro atoms. The highest BCUT2D eigenvalue weighted by Gasteiger charge is 2.24. The molecule has 0 atom stereocenters. The van der Waals surface area contributed by atoms with E-state index in [1.54, 1.807) is 19.2 Å². The Morgan fingerprint density at radius 2 is 1.85 bits per heavy atom. The minimum atomic E-state index is -0.705. The van der Waals surface area contributed by atoms with E-state index in [2.05, 4.69) is 4.98 Å². The van der Waals surface area contributed by atoms with Gasteiger partial charge in [-0.15, -0.1) is 11.8 Å². The van der Waals surface area contributed by atoms with E-state index in [1.807, 2.05) is 42.5 Å². The van der Waals surface area contributed by atoms with Crippen molar-refractivity contribution in [3.8, 4) is 0 Å². The molecule has 1 amide bonds. The maximum atomic E-state index is 13.2. The van der Waals surface area contributed by atoms with Crippen molar-refractivity contribution < 1.29 is 9.53 Å². The maximum Gasteiger partial charge on any atom is 0.330 e. The van der Waals surface area contributed by atoms with Crippen molar-refractivity contribution in [2.45, 2.75) is 17.9 Å². The Morgan fingerprint density at radius 3 is 2.52 bits per heavy atom. The van der Waals surface area contributed by atoms with Crippen LogP contribution in [-0.4, -0.2) is 41.5 Å². The van der Waals surface area contributed by atoms with Crippen molar-refractivity contribution in [1.82, 2.24) is 9.55 Å². The first-order valence-corrected chi connectivity index (χ1v) is 11.6. The van der Waals surface area contributed by atoms with Gasteiger partial charge in [0.05, 0.1) is 12.3 Å². The summed E-state index contributed by atoms with van der Waals surface area (Å²) >= 11 is 7.24. The van der Waals surface area contributed by atoms with Crippen LogP contribution < -0.4 is 21.9 Å². The van der Waals surface area contributed by atoms with Gasteiger partial charge >= 0.3 is 5.69 Å². The fraction of sp³-hybridized carbons (Fsp3) is 0.261.